The van der Waals surface area contributed by atoms with E-state index in [2.05, 4.69) is 20.5 Å². The maximum absolute atomic E-state index is 14.5. The van der Waals surface area contributed by atoms with Gasteiger partial charge in [-0.2, -0.15) is 18.3 Å². The number of carbonyl (C=O) groups excluding carboxylic acids is 1. The molecule has 47 heavy (non-hydrogen) atoms. The van der Waals surface area contributed by atoms with Crippen molar-refractivity contribution in [1.82, 2.24) is 20.4 Å². The summed E-state index contributed by atoms with van der Waals surface area (Å²) >= 11 is 5.79. The lowest BCUT2D eigenvalue weighted by molar-refractivity contribution is -0.192. The third-order valence-corrected chi connectivity index (χ3v) is 8.25. The van der Waals surface area contributed by atoms with Gasteiger partial charge in [-0.25, -0.2) is 17.6 Å². The van der Waals surface area contributed by atoms with Gasteiger partial charge in [-0.15, -0.1) is 0 Å². The Hall–Kier alpha value is -4.45. The molecule has 18 heteroatoms. The topological polar surface area (TPSA) is 161 Å². The molecule has 0 unspecified atom stereocenters. The number of hydrogen-bond acceptors (Lipinski definition) is 8. The van der Waals surface area contributed by atoms with E-state index >= 15 is 0 Å². The van der Waals surface area contributed by atoms with E-state index in [0.29, 0.717) is 49.5 Å². The summed E-state index contributed by atoms with van der Waals surface area (Å²) < 4.78 is 87.3. The molecular formula is C29H28ClF4N5O7S. The number of morpholine rings is 1. The monoisotopic (exact) mass is 701 g/mol. The van der Waals surface area contributed by atoms with Crippen LogP contribution in [0.3, 0.4) is 0 Å². The van der Waals surface area contributed by atoms with E-state index in [1.54, 1.807) is 22.9 Å². The average molecular weight is 702 g/mol. The average Bonchev–Trinajstić information content (AvgIpc) is 3.36. The first kappa shape index (κ1) is 35.4. The lowest BCUT2D eigenvalue weighted by Gasteiger charge is -2.22. The van der Waals surface area contributed by atoms with Gasteiger partial charge >= 0.3 is 12.1 Å². The highest BCUT2D eigenvalue weighted by atomic mass is 35.5. The number of benzene rings is 3. The minimum Gasteiger partial charge on any atom is -0.496 e. The number of hydrogen-bond donors (Lipinski definition) is 4. The molecule has 0 radical (unpaired) electrons. The number of nitrogens with zero attached hydrogens (tertiary/aromatic N) is 2. The van der Waals surface area contributed by atoms with Crippen molar-refractivity contribution >= 4 is 50.2 Å². The lowest BCUT2D eigenvalue weighted by atomic mass is 10.1. The van der Waals surface area contributed by atoms with E-state index < -0.39 is 32.9 Å². The molecule has 1 aliphatic heterocycles. The van der Waals surface area contributed by atoms with Crippen LogP contribution in [0.15, 0.2) is 65.6 Å². The fraction of sp³-hybridized carbons (Fsp3) is 0.276. The smallest absolute Gasteiger partial charge is 0.490 e. The van der Waals surface area contributed by atoms with Crippen molar-refractivity contribution in [3.63, 3.8) is 0 Å². The third-order valence-electron chi connectivity index (χ3n) is 6.65. The Labute approximate surface area is 270 Å². The van der Waals surface area contributed by atoms with Crippen molar-refractivity contribution in [2.75, 3.05) is 31.6 Å². The Bertz CT molecular complexity index is 1870. The van der Waals surface area contributed by atoms with Gasteiger partial charge in [-0.3, -0.25) is 14.2 Å². The number of aliphatic carboxylic acids is 1. The molecule has 2 heterocycles. The predicted molar refractivity (Wildman–Crippen MR) is 162 cm³/mol. The number of fused-ring (bicyclic) bond motifs is 1. The summed E-state index contributed by atoms with van der Waals surface area (Å²) in [5.74, 6) is -3.48. The van der Waals surface area contributed by atoms with Gasteiger partial charge in [0.1, 0.15) is 22.5 Å². The number of carboxylic acid groups (broad SMARTS) is 1. The summed E-state index contributed by atoms with van der Waals surface area (Å²) in [7, 11) is -2.87. The zero-order valence-electron chi connectivity index (χ0n) is 24.5. The van der Waals surface area contributed by atoms with Crippen LogP contribution in [0.5, 0.6) is 5.75 Å². The minimum absolute atomic E-state index is 0.00702. The number of methoxy groups -OCH3 is 1. The van der Waals surface area contributed by atoms with Crippen LogP contribution in [0.25, 0.3) is 10.9 Å². The second-order valence-corrected chi connectivity index (χ2v) is 12.1. The highest BCUT2D eigenvalue weighted by molar-refractivity contribution is 7.92. The number of carboxylic acids is 1. The molecule has 3 aromatic carbocycles. The molecule has 252 valence electrons. The van der Waals surface area contributed by atoms with Crippen molar-refractivity contribution in [2.45, 2.75) is 30.2 Å². The van der Waals surface area contributed by atoms with E-state index in [-0.39, 0.29) is 22.8 Å². The highest BCUT2D eigenvalue weighted by Crippen LogP contribution is 2.34. The van der Waals surface area contributed by atoms with Gasteiger partial charge in [0.15, 0.2) is 5.82 Å². The van der Waals surface area contributed by atoms with Crippen LogP contribution in [-0.2, 0) is 37.4 Å². The van der Waals surface area contributed by atoms with Gasteiger partial charge in [0.25, 0.3) is 10.0 Å². The fourth-order valence-corrected chi connectivity index (χ4v) is 5.72. The quantitative estimate of drug-likeness (QED) is 0.190. The van der Waals surface area contributed by atoms with Gasteiger partial charge in [0.05, 0.1) is 37.8 Å². The molecule has 0 aliphatic carbocycles. The van der Waals surface area contributed by atoms with E-state index in [0.717, 1.165) is 23.3 Å². The molecule has 0 saturated carbocycles. The van der Waals surface area contributed by atoms with Gasteiger partial charge in [-0.05, 0) is 41.5 Å². The number of alkyl halides is 3. The van der Waals surface area contributed by atoms with Gasteiger partial charge in [0, 0.05) is 18.1 Å². The van der Waals surface area contributed by atoms with E-state index in [1.807, 2.05) is 24.3 Å². The fourth-order valence-electron chi connectivity index (χ4n) is 4.49. The van der Waals surface area contributed by atoms with E-state index in [4.69, 9.17) is 31.0 Å². The van der Waals surface area contributed by atoms with Crippen molar-refractivity contribution in [3.8, 4) is 5.75 Å². The summed E-state index contributed by atoms with van der Waals surface area (Å²) in [4.78, 5) is 20.8. The van der Waals surface area contributed by atoms with Crippen LogP contribution in [0.1, 0.15) is 11.1 Å². The number of amides is 1. The van der Waals surface area contributed by atoms with Crippen LogP contribution in [0, 0.1) is 5.82 Å². The molecular weight excluding hydrogens is 674 g/mol. The molecule has 5 rings (SSSR count). The van der Waals surface area contributed by atoms with E-state index in [9.17, 15) is 30.8 Å². The number of anilines is 1. The van der Waals surface area contributed by atoms with Gasteiger partial charge in [0.2, 0.25) is 5.91 Å². The summed E-state index contributed by atoms with van der Waals surface area (Å²) in [5.41, 5.74) is 2.36. The number of rotatable bonds is 9. The molecule has 1 saturated heterocycles. The van der Waals surface area contributed by atoms with Crippen LogP contribution < -0.4 is 20.1 Å². The Morgan fingerprint density at radius 2 is 1.85 bits per heavy atom. The molecule has 4 aromatic rings. The standard InChI is InChI=1S/C27H27ClFN5O5S.C2HF3O2/c1-38-23-7-3-6-22-25(23)26(33-40(36,37)24-9-8-19(28)13-20(24)29)32-34(22)15-18-5-2-4-17(12-18)14-31-27(35)21-16-39-11-10-30-21;3-2(4,5)1(6)7/h2-9,12-13,21,30H,10-11,14-16H2,1H3,(H,31,35)(H,32,33);(H,6,7)/t21-;/m1./s1. The van der Waals surface area contributed by atoms with Crippen molar-refractivity contribution in [3.05, 3.63) is 82.6 Å². The Morgan fingerprint density at radius 3 is 2.49 bits per heavy atom. The Kier molecular flexibility index (Phi) is 11.3. The maximum Gasteiger partial charge on any atom is 0.490 e. The van der Waals surface area contributed by atoms with Crippen LogP contribution in [-0.4, -0.2) is 74.3 Å². The molecule has 4 N–H and O–H groups in total. The summed E-state index contributed by atoms with van der Waals surface area (Å²) in [6, 6.07) is 15.8. The molecule has 1 amide bonds. The second-order valence-electron chi connectivity index (χ2n) is 9.96. The SMILES string of the molecule is COc1cccc2c1c(NS(=O)(=O)c1ccc(Cl)cc1F)nn2Cc1cccc(CNC(=O)[C@H]2COCCN2)c1.O=C(O)C(F)(F)F. The number of aromatic nitrogens is 2. The number of sulfonamides is 1. The predicted octanol–water partition coefficient (Wildman–Crippen LogP) is 3.92. The van der Waals surface area contributed by atoms with Crippen molar-refractivity contribution < 1.29 is 50.1 Å². The first-order valence-corrected chi connectivity index (χ1v) is 15.5. The second kappa shape index (κ2) is 15.0. The number of halogens is 5. The Morgan fingerprint density at radius 1 is 1.15 bits per heavy atom. The molecule has 1 aromatic heterocycles. The zero-order valence-corrected chi connectivity index (χ0v) is 26.0. The van der Waals surface area contributed by atoms with E-state index in [1.165, 1.54) is 13.2 Å². The molecule has 12 nitrogen and oxygen atoms in total. The summed E-state index contributed by atoms with van der Waals surface area (Å²) in [5, 5.41) is 18.2. The lowest BCUT2D eigenvalue weighted by Crippen LogP contribution is -2.51. The number of ether oxygens (including phenoxy) is 2. The maximum atomic E-state index is 14.5. The first-order valence-electron chi connectivity index (χ1n) is 13.7. The normalized spacial score (nSPS) is 15.0. The summed E-state index contributed by atoms with van der Waals surface area (Å²) in [6.07, 6.45) is -5.08. The summed E-state index contributed by atoms with van der Waals surface area (Å²) in [6.45, 7) is 2.17. The molecule has 0 spiro atoms. The van der Waals surface area contributed by atoms with Crippen molar-refractivity contribution in [1.29, 1.82) is 0 Å². The number of nitrogens with one attached hydrogen (secondary N) is 3. The first-order chi connectivity index (χ1) is 22.2. The van der Waals surface area contributed by atoms with Crippen molar-refractivity contribution in [2.24, 2.45) is 0 Å². The zero-order chi connectivity index (χ0) is 34.4. The van der Waals surface area contributed by atoms with Crippen LogP contribution in [0.4, 0.5) is 23.4 Å². The van der Waals surface area contributed by atoms with Crippen LogP contribution >= 0.6 is 11.6 Å². The highest BCUT2D eigenvalue weighted by Gasteiger charge is 2.38. The third kappa shape index (κ3) is 9.09. The molecule has 0 bridgehead atoms. The van der Waals surface area contributed by atoms with Gasteiger partial charge < -0.3 is 25.2 Å². The number of carbonyl (C=O) groups is 2. The Balaban J connectivity index is 0.000000644. The minimum atomic E-state index is -5.08. The van der Waals surface area contributed by atoms with Crippen LogP contribution in [0.2, 0.25) is 5.02 Å². The van der Waals surface area contributed by atoms with Gasteiger partial charge in [-0.1, -0.05) is 41.9 Å². The largest absolute Gasteiger partial charge is 0.496 e. The molecule has 1 atom stereocenters. The molecule has 1 aliphatic rings. The molecule has 1 fully saturated rings.